The molecule has 0 radical (unpaired) electrons. The molecule has 1 fully saturated rings. The Balaban J connectivity index is 2.12. The smallest absolute Gasteiger partial charge is 0.255 e. The Morgan fingerprint density at radius 2 is 2.44 bits per heavy atom. The van der Waals surface area contributed by atoms with Gasteiger partial charge in [0, 0.05) is 30.0 Å². The zero-order chi connectivity index (χ0) is 11.5. The summed E-state index contributed by atoms with van der Waals surface area (Å²) in [6, 6.07) is 1.79. The van der Waals surface area contributed by atoms with Gasteiger partial charge >= 0.3 is 0 Å². The number of hydrogen-bond donors (Lipinski definition) is 0. The summed E-state index contributed by atoms with van der Waals surface area (Å²) >= 11 is 3.31. The topological polar surface area (TPSA) is 42.4 Å². The third kappa shape index (κ3) is 2.59. The van der Waals surface area contributed by atoms with Crippen LogP contribution in [0.15, 0.2) is 22.9 Å². The van der Waals surface area contributed by atoms with Crippen molar-refractivity contribution in [1.82, 2.24) is 9.88 Å². The number of pyridine rings is 1. The van der Waals surface area contributed by atoms with Crippen LogP contribution in [0.25, 0.3) is 0 Å². The summed E-state index contributed by atoms with van der Waals surface area (Å²) in [6.45, 7) is 3.87. The fourth-order valence-corrected chi connectivity index (χ4v) is 2.08. The fourth-order valence-electron chi connectivity index (χ4n) is 1.71. The van der Waals surface area contributed by atoms with E-state index in [0.29, 0.717) is 25.3 Å². The minimum Gasteiger partial charge on any atom is -0.375 e. The lowest BCUT2D eigenvalue weighted by Gasteiger charge is -2.31. The molecule has 0 N–H and O–H groups in total. The summed E-state index contributed by atoms with van der Waals surface area (Å²) < 4.78 is 6.22. The Morgan fingerprint density at radius 3 is 3.12 bits per heavy atom. The second-order valence-corrected chi connectivity index (χ2v) is 4.74. The standard InChI is InChI=1S/C11H13BrN2O2/c1-8-7-14(2-3-16-8)11(15)9-4-10(12)6-13-5-9/h4-6,8H,2-3,7H2,1H3/t8-/m0/s1. The molecule has 5 heteroatoms. The Bertz CT molecular complexity index is 397. The van der Waals surface area contributed by atoms with Crippen LogP contribution in [0.1, 0.15) is 17.3 Å². The highest BCUT2D eigenvalue weighted by molar-refractivity contribution is 9.10. The lowest BCUT2D eigenvalue weighted by atomic mass is 10.2. The van der Waals surface area contributed by atoms with Crippen LogP contribution < -0.4 is 0 Å². The Morgan fingerprint density at radius 1 is 1.62 bits per heavy atom. The predicted molar refractivity (Wildman–Crippen MR) is 63.3 cm³/mol. The molecule has 16 heavy (non-hydrogen) atoms. The zero-order valence-corrected chi connectivity index (χ0v) is 10.6. The SMILES string of the molecule is C[C@H]1CN(C(=O)c2cncc(Br)c2)CCO1. The number of halogens is 1. The lowest BCUT2D eigenvalue weighted by Crippen LogP contribution is -2.44. The Labute approximate surface area is 103 Å². The molecule has 2 rings (SSSR count). The molecule has 1 aromatic heterocycles. The van der Waals surface area contributed by atoms with Crippen molar-refractivity contribution in [2.75, 3.05) is 19.7 Å². The summed E-state index contributed by atoms with van der Waals surface area (Å²) in [6.07, 6.45) is 3.36. The van der Waals surface area contributed by atoms with Gasteiger partial charge in [0.25, 0.3) is 5.91 Å². The molecule has 86 valence electrons. The highest BCUT2D eigenvalue weighted by atomic mass is 79.9. The van der Waals surface area contributed by atoms with Gasteiger partial charge in [0.2, 0.25) is 0 Å². The first-order valence-electron chi connectivity index (χ1n) is 5.18. The van der Waals surface area contributed by atoms with E-state index in [9.17, 15) is 4.79 Å². The second kappa shape index (κ2) is 4.93. The number of ether oxygens (including phenoxy) is 1. The maximum Gasteiger partial charge on any atom is 0.255 e. The first-order valence-corrected chi connectivity index (χ1v) is 5.97. The van der Waals surface area contributed by atoms with Gasteiger partial charge in [-0.1, -0.05) is 0 Å². The summed E-state index contributed by atoms with van der Waals surface area (Å²) in [5.74, 6) is 0.0175. The molecule has 1 aliphatic heterocycles. The van der Waals surface area contributed by atoms with Gasteiger partial charge in [-0.05, 0) is 28.9 Å². The zero-order valence-electron chi connectivity index (χ0n) is 9.02. The van der Waals surface area contributed by atoms with Crippen molar-refractivity contribution in [3.63, 3.8) is 0 Å². The van der Waals surface area contributed by atoms with Crippen LogP contribution >= 0.6 is 15.9 Å². The van der Waals surface area contributed by atoms with Crippen LogP contribution in [0.2, 0.25) is 0 Å². The lowest BCUT2D eigenvalue weighted by molar-refractivity contribution is -0.0124. The van der Waals surface area contributed by atoms with E-state index in [0.717, 1.165) is 4.47 Å². The summed E-state index contributed by atoms with van der Waals surface area (Å²) in [7, 11) is 0. The van der Waals surface area contributed by atoms with Gasteiger partial charge in [0.1, 0.15) is 0 Å². The largest absolute Gasteiger partial charge is 0.375 e. The van der Waals surface area contributed by atoms with Crippen LogP contribution in [0, 0.1) is 0 Å². The van der Waals surface area contributed by atoms with Crippen molar-refractivity contribution in [1.29, 1.82) is 0 Å². The minimum absolute atomic E-state index is 0.0175. The molecule has 0 bridgehead atoms. The summed E-state index contributed by atoms with van der Waals surface area (Å²) in [4.78, 5) is 17.9. The number of rotatable bonds is 1. The molecule has 4 nitrogen and oxygen atoms in total. The quantitative estimate of drug-likeness (QED) is 0.788. The van der Waals surface area contributed by atoms with Crippen LogP contribution in [0.4, 0.5) is 0 Å². The van der Waals surface area contributed by atoms with Crippen LogP contribution in [0.5, 0.6) is 0 Å². The molecule has 1 aliphatic rings. The molecule has 1 amide bonds. The van der Waals surface area contributed by atoms with Gasteiger partial charge in [-0.3, -0.25) is 9.78 Å². The molecule has 0 aromatic carbocycles. The van der Waals surface area contributed by atoms with Crippen molar-refractivity contribution in [2.24, 2.45) is 0 Å². The van der Waals surface area contributed by atoms with Crippen LogP contribution in [-0.4, -0.2) is 41.6 Å². The fraction of sp³-hybridized carbons (Fsp3) is 0.455. The average Bonchev–Trinajstić information content (AvgIpc) is 2.28. The van der Waals surface area contributed by atoms with Crippen molar-refractivity contribution in [2.45, 2.75) is 13.0 Å². The number of hydrogen-bond acceptors (Lipinski definition) is 3. The Hall–Kier alpha value is -0.940. The molecule has 0 unspecified atom stereocenters. The van der Waals surface area contributed by atoms with Gasteiger partial charge in [0.05, 0.1) is 18.3 Å². The van der Waals surface area contributed by atoms with E-state index in [1.54, 1.807) is 23.4 Å². The number of amides is 1. The molecular weight excluding hydrogens is 272 g/mol. The maximum absolute atomic E-state index is 12.1. The van der Waals surface area contributed by atoms with E-state index < -0.39 is 0 Å². The van der Waals surface area contributed by atoms with Crippen LogP contribution in [-0.2, 0) is 4.74 Å². The van der Waals surface area contributed by atoms with E-state index in [1.165, 1.54) is 0 Å². The van der Waals surface area contributed by atoms with Gasteiger partial charge < -0.3 is 9.64 Å². The van der Waals surface area contributed by atoms with Gasteiger partial charge in [-0.25, -0.2) is 0 Å². The van der Waals surface area contributed by atoms with Gasteiger partial charge in [0.15, 0.2) is 0 Å². The highest BCUT2D eigenvalue weighted by Crippen LogP contribution is 2.13. The average molecular weight is 285 g/mol. The molecule has 1 atom stereocenters. The Kier molecular flexibility index (Phi) is 3.56. The normalized spacial score (nSPS) is 20.9. The van der Waals surface area contributed by atoms with Crippen molar-refractivity contribution >= 4 is 21.8 Å². The predicted octanol–water partition coefficient (Wildman–Crippen LogP) is 1.71. The van der Waals surface area contributed by atoms with Gasteiger partial charge in [-0.15, -0.1) is 0 Å². The summed E-state index contributed by atoms with van der Waals surface area (Å²) in [5.41, 5.74) is 0.614. The molecular formula is C11H13BrN2O2. The number of aromatic nitrogens is 1. The van der Waals surface area contributed by atoms with E-state index in [4.69, 9.17) is 4.74 Å². The number of nitrogens with zero attached hydrogens (tertiary/aromatic N) is 2. The molecule has 0 spiro atoms. The molecule has 1 saturated heterocycles. The number of carbonyl (C=O) groups excluding carboxylic acids is 1. The van der Waals surface area contributed by atoms with E-state index in [2.05, 4.69) is 20.9 Å². The van der Waals surface area contributed by atoms with Crippen molar-refractivity contribution in [3.05, 3.63) is 28.5 Å². The van der Waals surface area contributed by atoms with Gasteiger partial charge in [-0.2, -0.15) is 0 Å². The minimum atomic E-state index is 0.0175. The third-order valence-corrected chi connectivity index (χ3v) is 2.91. The summed E-state index contributed by atoms with van der Waals surface area (Å²) in [5, 5.41) is 0. The monoisotopic (exact) mass is 284 g/mol. The van der Waals surface area contributed by atoms with E-state index in [-0.39, 0.29) is 12.0 Å². The molecule has 2 heterocycles. The first kappa shape index (κ1) is 11.5. The maximum atomic E-state index is 12.1. The molecule has 0 saturated carbocycles. The van der Waals surface area contributed by atoms with Crippen molar-refractivity contribution < 1.29 is 9.53 Å². The van der Waals surface area contributed by atoms with Crippen LogP contribution in [0.3, 0.4) is 0 Å². The second-order valence-electron chi connectivity index (χ2n) is 3.82. The number of morpholine rings is 1. The molecule has 1 aromatic rings. The van der Waals surface area contributed by atoms with E-state index >= 15 is 0 Å². The van der Waals surface area contributed by atoms with Crippen molar-refractivity contribution in [3.8, 4) is 0 Å². The number of carbonyl (C=O) groups is 1. The highest BCUT2D eigenvalue weighted by Gasteiger charge is 2.22. The third-order valence-electron chi connectivity index (χ3n) is 2.48. The van der Waals surface area contributed by atoms with E-state index in [1.807, 2.05) is 6.92 Å². The first-order chi connectivity index (χ1) is 7.66. The molecule has 0 aliphatic carbocycles.